The molecule has 6 nitrogen and oxygen atoms in total. The lowest BCUT2D eigenvalue weighted by Gasteiger charge is -2.34. The molecule has 1 saturated heterocycles. The first kappa shape index (κ1) is 20.7. The maximum absolute atomic E-state index is 13.1. The molecular formula is C22H25FN4O2S. The monoisotopic (exact) mass is 428 g/mol. The Bertz CT molecular complexity index is 1020. The van der Waals surface area contributed by atoms with E-state index in [1.807, 2.05) is 31.1 Å². The first-order valence-corrected chi connectivity index (χ1v) is 11.0. The van der Waals surface area contributed by atoms with Crippen LogP contribution >= 0.6 is 11.3 Å². The van der Waals surface area contributed by atoms with E-state index < -0.39 is 0 Å². The number of rotatable bonds is 5. The Labute approximate surface area is 179 Å². The summed E-state index contributed by atoms with van der Waals surface area (Å²) in [6.07, 6.45) is 0. The molecule has 0 bridgehead atoms. The van der Waals surface area contributed by atoms with E-state index in [2.05, 4.69) is 10.1 Å². The van der Waals surface area contributed by atoms with Crippen molar-refractivity contribution in [3.05, 3.63) is 58.2 Å². The predicted octanol–water partition coefficient (Wildman–Crippen LogP) is 4.33. The van der Waals surface area contributed by atoms with Crippen molar-refractivity contribution in [2.45, 2.75) is 33.2 Å². The van der Waals surface area contributed by atoms with Crippen molar-refractivity contribution in [1.82, 2.24) is 19.9 Å². The van der Waals surface area contributed by atoms with Crippen molar-refractivity contribution in [2.75, 3.05) is 26.2 Å². The number of carbonyl (C=O) groups excluding carboxylic acids is 1. The molecule has 8 heteroatoms. The van der Waals surface area contributed by atoms with Crippen LogP contribution in [0, 0.1) is 12.7 Å². The van der Waals surface area contributed by atoms with E-state index in [1.54, 1.807) is 23.5 Å². The Morgan fingerprint density at radius 3 is 2.57 bits per heavy atom. The third-order valence-corrected chi connectivity index (χ3v) is 6.26. The number of hydrogen-bond donors (Lipinski definition) is 0. The Kier molecular flexibility index (Phi) is 5.97. The molecule has 1 aromatic carbocycles. The van der Waals surface area contributed by atoms with Crippen LogP contribution in [0.1, 0.15) is 47.3 Å². The normalized spacial score (nSPS) is 15.2. The van der Waals surface area contributed by atoms with E-state index in [0.717, 1.165) is 35.9 Å². The molecule has 0 atom stereocenters. The van der Waals surface area contributed by atoms with E-state index in [0.29, 0.717) is 30.1 Å². The number of aromatic nitrogens is 2. The van der Waals surface area contributed by atoms with Gasteiger partial charge >= 0.3 is 0 Å². The molecule has 1 fully saturated rings. The standard InChI is InChI=1S/C22H25FN4O2S/c1-14(2)20-19(15(3)25-29-20)22(28)27-10-8-26(9-11-27)12-18-13-30-21(24-18)16-4-6-17(23)7-5-16/h4-7,13-14H,8-12H2,1-3H3. The van der Waals surface area contributed by atoms with E-state index in [4.69, 9.17) is 9.51 Å². The fourth-order valence-electron chi connectivity index (χ4n) is 3.64. The smallest absolute Gasteiger partial charge is 0.259 e. The molecule has 3 aromatic rings. The average molecular weight is 429 g/mol. The van der Waals surface area contributed by atoms with Gasteiger partial charge in [-0.1, -0.05) is 19.0 Å². The molecule has 1 amide bonds. The van der Waals surface area contributed by atoms with Crippen molar-refractivity contribution in [3.8, 4) is 10.6 Å². The minimum atomic E-state index is -0.246. The first-order valence-electron chi connectivity index (χ1n) is 10.1. The lowest BCUT2D eigenvalue weighted by Crippen LogP contribution is -2.48. The van der Waals surface area contributed by atoms with E-state index in [-0.39, 0.29) is 17.6 Å². The largest absolute Gasteiger partial charge is 0.360 e. The molecule has 0 N–H and O–H groups in total. The van der Waals surface area contributed by atoms with Gasteiger partial charge in [-0.15, -0.1) is 11.3 Å². The van der Waals surface area contributed by atoms with E-state index in [9.17, 15) is 9.18 Å². The van der Waals surface area contributed by atoms with Crippen LogP contribution in [0.3, 0.4) is 0 Å². The SMILES string of the molecule is Cc1noc(C(C)C)c1C(=O)N1CCN(Cc2csc(-c3ccc(F)cc3)n2)CC1. The van der Waals surface area contributed by atoms with Gasteiger partial charge in [0, 0.05) is 49.6 Å². The molecule has 0 unspecified atom stereocenters. The van der Waals surface area contributed by atoms with Crippen LogP contribution in [0.5, 0.6) is 0 Å². The van der Waals surface area contributed by atoms with Gasteiger partial charge in [-0.25, -0.2) is 9.37 Å². The van der Waals surface area contributed by atoms with Gasteiger partial charge in [0.05, 0.1) is 11.4 Å². The zero-order chi connectivity index (χ0) is 21.3. The molecule has 4 rings (SSSR count). The summed E-state index contributed by atoms with van der Waals surface area (Å²) in [5.41, 5.74) is 3.19. The molecule has 3 heterocycles. The second-order valence-electron chi connectivity index (χ2n) is 7.88. The van der Waals surface area contributed by atoms with Gasteiger partial charge in [0.1, 0.15) is 16.4 Å². The Morgan fingerprint density at radius 1 is 1.20 bits per heavy atom. The molecule has 0 spiro atoms. The molecule has 158 valence electrons. The number of halogens is 1. The van der Waals surface area contributed by atoms with Crippen molar-refractivity contribution >= 4 is 17.2 Å². The number of thiazole rings is 1. The number of nitrogens with zero attached hydrogens (tertiary/aromatic N) is 4. The zero-order valence-electron chi connectivity index (χ0n) is 17.4. The molecule has 0 radical (unpaired) electrons. The highest BCUT2D eigenvalue weighted by atomic mass is 32.1. The van der Waals surface area contributed by atoms with Crippen LogP contribution in [-0.4, -0.2) is 52.0 Å². The molecule has 1 aliphatic rings. The quantitative estimate of drug-likeness (QED) is 0.605. The Balaban J connectivity index is 1.36. The highest BCUT2D eigenvalue weighted by Crippen LogP contribution is 2.26. The summed E-state index contributed by atoms with van der Waals surface area (Å²) in [6.45, 7) is 9.47. The second kappa shape index (κ2) is 8.65. The van der Waals surface area contributed by atoms with E-state index in [1.165, 1.54) is 12.1 Å². The van der Waals surface area contributed by atoms with Gasteiger partial charge in [-0.05, 0) is 31.2 Å². The zero-order valence-corrected chi connectivity index (χ0v) is 18.2. The lowest BCUT2D eigenvalue weighted by atomic mass is 10.0. The van der Waals surface area contributed by atoms with E-state index >= 15 is 0 Å². The fraction of sp³-hybridized carbons (Fsp3) is 0.409. The third kappa shape index (κ3) is 4.29. The number of benzene rings is 1. The number of carbonyl (C=O) groups is 1. The summed E-state index contributed by atoms with van der Waals surface area (Å²) in [4.78, 5) is 21.9. The van der Waals surface area contributed by atoms with Gasteiger partial charge in [0.15, 0.2) is 5.76 Å². The lowest BCUT2D eigenvalue weighted by molar-refractivity contribution is 0.0624. The number of piperazine rings is 1. The molecule has 0 saturated carbocycles. The van der Waals surface area contributed by atoms with Crippen LogP contribution in [0.25, 0.3) is 10.6 Å². The predicted molar refractivity (Wildman–Crippen MR) is 114 cm³/mol. The highest BCUT2D eigenvalue weighted by molar-refractivity contribution is 7.13. The first-order chi connectivity index (χ1) is 14.4. The molecule has 1 aliphatic heterocycles. The van der Waals surface area contributed by atoms with Crippen molar-refractivity contribution in [3.63, 3.8) is 0 Å². The van der Waals surface area contributed by atoms with Crippen LogP contribution in [0.2, 0.25) is 0 Å². The van der Waals surface area contributed by atoms with Crippen LogP contribution in [0.4, 0.5) is 4.39 Å². The van der Waals surface area contributed by atoms with Crippen molar-refractivity contribution < 1.29 is 13.7 Å². The number of aryl methyl sites for hydroxylation is 1. The molecular weight excluding hydrogens is 403 g/mol. The maximum Gasteiger partial charge on any atom is 0.259 e. The maximum atomic E-state index is 13.1. The van der Waals surface area contributed by atoms with Crippen LogP contribution in [-0.2, 0) is 6.54 Å². The highest BCUT2D eigenvalue weighted by Gasteiger charge is 2.29. The Morgan fingerprint density at radius 2 is 1.90 bits per heavy atom. The summed E-state index contributed by atoms with van der Waals surface area (Å²) in [5.74, 6) is 0.538. The van der Waals surface area contributed by atoms with Crippen molar-refractivity contribution in [1.29, 1.82) is 0 Å². The minimum absolute atomic E-state index is 0.00403. The summed E-state index contributed by atoms with van der Waals surface area (Å²) < 4.78 is 18.5. The molecule has 0 aliphatic carbocycles. The topological polar surface area (TPSA) is 62.5 Å². The second-order valence-corrected chi connectivity index (χ2v) is 8.74. The number of hydrogen-bond acceptors (Lipinski definition) is 6. The number of amides is 1. The average Bonchev–Trinajstić information content (AvgIpc) is 3.35. The minimum Gasteiger partial charge on any atom is -0.360 e. The van der Waals surface area contributed by atoms with Gasteiger partial charge in [-0.2, -0.15) is 0 Å². The summed E-state index contributed by atoms with van der Waals surface area (Å²) in [7, 11) is 0. The van der Waals surface area contributed by atoms with Gasteiger partial charge in [0.2, 0.25) is 0 Å². The molecule has 2 aromatic heterocycles. The van der Waals surface area contributed by atoms with Gasteiger partial charge in [-0.3, -0.25) is 9.69 Å². The summed E-state index contributed by atoms with van der Waals surface area (Å²) >= 11 is 1.56. The van der Waals surface area contributed by atoms with Gasteiger partial charge in [0.25, 0.3) is 5.91 Å². The fourth-order valence-corrected chi connectivity index (χ4v) is 4.46. The summed E-state index contributed by atoms with van der Waals surface area (Å²) in [5, 5.41) is 6.93. The van der Waals surface area contributed by atoms with Crippen molar-refractivity contribution in [2.24, 2.45) is 0 Å². The third-order valence-electron chi connectivity index (χ3n) is 5.32. The Hall–Kier alpha value is -2.58. The van der Waals surface area contributed by atoms with Crippen LogP contribution < -0.4 is 0 Å². The summed E-state index contributed by atoms with van der Waals surface area (Å²) in [6, 6.07) is 6.41. The molecule has 30 heavy (non-hydrogen) atoms. The van der Waals surface area contributed by atoms with Crippen LogP contribution in [0.15, 0.2) is 34.2 Å². The van der Waals surface area contributed by atoms with Gasteiger partial charge < -0.3 is 9.42 Å².